The van der Waals surface area contributed by atoms with Gasteiger partial charge in [0.15, 0.2) is 0 Å². The molecular weight excluding hydrogens is 504 g/mol. The molecule has 180 valence electrons. The molecule has 0 spiro atoms. The monoisotopic (exact) mass is 532 g/mol. The normalized spacial score (nSPS) is 11.9. The molecule has 35 heavy (non-hydrogen) atoms. The van der Waals surface area contributed by atoms with E-state index in [2.05, 4.69) is 21.2 Å². The van der Waals surface area contributed by atoms with Crippen LogP contribution in [0.5, 0.6) is 0 Å². The Kier molecular flexibility index (Phi) is 7.66. The number of nitrogens with zero attached hydrogens (tertiary/aromatic N) is 3. The third kappa shape index (κ3) is 5.15. The van der Waals surface area contributed by atoms with Crippen LogP contribution in [0.25, 0.3) is 16.6 Å². The molecule has 1 aromatic heterocycles. The van der Waals surface area contributed by atoms with Gasteiger partial charge in [-0.25, -0.2) is 9.78 Å². The minimum Gasteiger partial charge on any atom is -0.314 e. The molecule has 0 aliphatic heterocycles. The quantitative estimate of drug-likeness (QED) is 0.283. The average molecular weight is 533 g/mol. The fourth-order valence-corrected chi connectivity index (χ4v) is 4.56. The summed E-state index contributed by atoms with van der Waals surface area (Å²) in [6.45, 7) is 6.55. The number of rotatable bonds is 7. The number of para-hydroxylation sites is 2. The molecular formula is C28H29BrN4O2. The Balaban J connectivity index is 1.87. The first-order valence-electron chi connectivity index (χ1n) is 11.9. The van der Waals surface area contributed by atoms with Gasteiger partial charge in [0.2, 0.25) is 0 Å². The van der Waals surface area contributed by atoms with Gasteiger partial charge in [-0.1, -0.05) is 60.1 Å². The third-order valence-corrected chi connectivity index (χ3v) is 6.59. The molecule has 1 atom stereocenters. The van der Waals surface area contributed by atoms with Crippen molar-refractivity contribution in [1.29, 1.82) is 0 Å². The lowest BCUT2D eigenvalue weighted by atomic mass is 10.1. The molecule has 0 aliphatic rings. The number of aromatic nitrogens is 2. The number of anilines is 1. The second-order valence-electron chi connectivity index (χ2n) is 8.47. The molecule has 1 unspecified atom stereocenters. The molecule has 0 saturated carbocycles. The number of fused-ring (bicyclic) bond motifs is 1. The van der Waals surface area contributed by atoms with Crippen LogP contribution >= 0.6 is 15.9 Å². The van der Waals surface area contributed by atoms with E-state index in [1.165, 1.54) is 0 Å². The third-order valence-electron chi connectivity index (χ3n) is 6.06. The zero-order valence-corrected chi connectivity index (χ0v) is 21.7. The van der Waals surface area contributed by atoms with E-state index in [0.717, 1.165) is 22.1 Å². The van der Waals surface area contributed by atoms with Crippen molar-refractivity contribution in [2.24, 2.45) is 0 Å². The van der Waals surface area contributed by atoms with Crippen molar-refractivity contribution >= 4 is 38.6 Å². The molecule has 1 N–H and O–H groups in total. The number of carbonyl (C=O) groups excluding carboxylic acids is 1. The minimum absolute atomic E-state index is 0.151. The van der Waals surface area contributed by atoms with Crippen molar-refractivity contribution in [2.45, 2.75) is 39.7 Å². The fraction of sp³-hybridized carbons (Fsp3) is 0.250. The van der Waals surface area contributed by atoms with Crippen LogP contribution in [0.15, 0.2) is 82.1 Å². The maximum Gasteiger partial charge on any atom is 0.322 e. The summed E-state index contributed by atoms with van der Waals surface area (Å²) in [6, 6.07) is 22.0. The highest BCUT2D eigenvalue weighted by atomic mass is 79.9. The molecule has 4 aromatic rings. The SMILES string of the molecule is CCCN(C(=O)Nc1ccccc1C)C(CC)c1nc2ccccc2c(=O)n1-c1ccc(Br)cc1. The molecule has 7 heteroatoms. The molecule has 1 heterocycles. The van der Waals surface area contributed by atoms with Crippen LogP contribution in [0.3, 0.4) is 0 Å². The summed E-state index contributed by atoms with van der Waals surface area (Å²) >= 11 is 3.47. The van der Waals surface area contributed by atoms with Crippen molar-refractivity contribution in [2.75, 3.05) is 11.9 Å². The molecule has 0 bridgehead atoms. The zero-order chi connectivity index (χ0) is 24.9. The van der Waals surface area contributed by atoms with E-state index in [1.54, 1.807) is 15.5 Å². The van der Waals surface area contributed by atoms with E-state index in [-0.39, 0.29) is 11.6 Å². The Morgan fingerprint density at radius 1 is 1.03 bits per heavy atom. The predicted molar refractivity (Wildman–Crippen MR) is 145 cm³/mol. The van der Waals surface area contributed by atoms with Gasteiger partial charge in [0.1, 0.15) is 5.82 Å². The number of hydrogen-bond acceptors (Lipinski definition) is 3. The lowest BCUT2D eigenvalue weighted by molar-refractivity contribution is 0.181. The van der Waals surface area contributed by atoms with Crippen LogP contribution in [0.4, 0.5) is 10.5 Å². The highest BCUT2D eigenvalue weighted by molar-refractivity contribution is 9.10. The number of aryl methyl sites for hydroxylation is 1. The first kappa shape index (κ1) is 24.7. The lowest BCUT2D eigenvalue weighted by Crippen LogP contribution is -2.41. The summed E-state index contributed by atoms with van der Waals surface area (Å²) in [5, 5.41) is 3.61. The molecule has 4 rings (SSSR count). The molecule has 2 amide bonds. The standard InChI is InChI=1S/C28H29BrN4O2/c1-4-18-32(28(35)31-23-12-8-6-10-19(23)3)25(5-2)26-30-24-13-9-7-11-22(24)27(34)33(26)21-16-14-20(29)15-17-21/h6-17,25H,4-5,18H2,1-3H3,(H,31,35). The van der Waals surface area contributed by atoms with Crippen molar-refractivity contribution in [3.05, 3.63) is 99.0 Å². The number of urea groups is 1. The number of amides is 2. The Morgan fingerprint density at radius 2 is 1.71 bits per heavy atom. The van der Waals surface area contributed by atoms with Crippen LogP contribution < -0.4 is 10.9 Å². The van der Waals surface area contributed by atoms with E-state index in [9.17, 15) is 9.59 Å². The first-order valence-corrected chi connectivity index (χ1v) is 12.6. The van der Waals surface area contributed by atoms with Crippen LogP contribution in [-0.4, -0.2) is 27.0 Å². The molecule has 3 aromatic carbocycles. The first-order chi connectivity index (χ1) is 16.9. The smallest absolute Gasteiger partial charge is 0.314 e. The summed E-state index contributed by atoms with van der Waals surface area (Å²) in [5.74, 6) is 0.548. The van der Waals surface area contributed by atoms with Gasteiger partial charge < -0.3 is 10.2 Å². The van der Waals surface area contributed by atoms with Crippen LogP contribution in [0.2, 0.25) is 0 Å². The summed E-state index contributed by atoms with van der Waals surface area (Å²) in [5.41, 5.74) is 2.93. The van der Waals surface area contributed by atoms with Crippen LogP contribution in [-0.2, 0) is 0 Å². The van der Waals surface area contributed by atoms with Gasteiger partial charge in [0, 0.05) is 16.7 Å². The van der Waals surface area contributed by atoms with Gasteiger partial charge in [-0.15, -0.1) is 0 Å². The van der Waals surface area contributed by atoms with E-state index >= 15 is 0 Å². The van der Waals surface area contributed by atoms with Crippen molar-refractivity contribution in [3.63, 3.8) is 0 Å². The summed E-state index contributed by atoms with van der Waals surface area (Å²) in [7, 11) is 0. The molecule has 6 nitrogen and oxygen atoms in total. The largest absolute Gasteiger partial charge is 0.322 e. The number of benzene rings is 3. The second kappa shape index (κ2) is 10.9. The van der Waals surface area contributed by atoms with Crippen molar-refractivity contribution in [3.8, 4) is 5.69 Å². The highest BCUT2D eigenvalue weighted by Crippen LogP contribution is 2.28. The summed E-state index contributed by atoms with van der Waals surface area (Å²) in [4.78, 5) is 34.0. The van der Waals surface area contributed by atoms with Crippen molar-refractivity contribution < 1.29 is 4.79 Å². The van der Waals surface area contributed by atoms with E-state index in [4.69, 9.17) is 4.98 Å². The van der Waals surface area contributed by atoms with Gasteiger partial charge in [0.25, 0.3) is 5.56 Å². The number of nitrogens with one attached hydrogen (secondary N) is 1. The fourth-order valence-electron chi connectivity index (χ4n) is 4.30. The maximum absolute atomic E-state index is 13.7. The van der Waals surface area contributed by atoms with Crippen LogP contribution in [0.1, 0.15) is 44.1 Å². The Morgan fingerprint density at radius 3 is 2.40 bits per heavy atom. The summed E-state index contributed by atoms with van der Waals surface area (Å²) < 4.78 is 2.56. The average Bonchev–Trinajstić information content (AvgIpc) is 2.86. The zero-order valence-electron chi connectivity index (χ0n) is 20.2. The molecule has 0 fully saturated rings. The molecule has 0 aliphatic carbocycles. The Labute approximate surface area is 213 Å². The van der Waals surface area contributed by atoms with E-state index in [1.807, 2.05) is 87.5 Å². The topological polar surface area (TPSA) is 67.2 Å². The maximum atomic E-state index is 13.7. The molecule has 0 saturated heterocycles. The minimum atomic E-state index is -0.403. The highest BCUT2D eigenvalue weighted by Gasteiger charge is 2.29. The van der Waals surface area contributed by atoms with Crippen molar-refractivity contribution in [1.82, 2.24) is 14.5 Å². The Hall–Kier alpha value is -3.45. The summed E-state index contributed by atoms with van der Waals surface area (Å²) in [6.07, 6.45) is 1.37. The Bertz CT molecular complexity index is 1400. The van der Waals surface area contributed by atoms with Gasteiger partial charge in [-0.3, -0.25) is 9.36 Å². The predicted octanol–water partition coefficient (Wildman–Crippen LogP) is 6.85. The van der Waals surface area contributed by atoms with E-state index < -0.39 is 6.04 Å². The van der Waals surface area contributed by atoms with Crippen LogP contribution in [0, 0.1) is 6.92 Å². The number of halogens is 1. The van der Waals surface area contributed by atoms with Gasteiger partial charge in [0.05, 0.1) is 22.6 Å². The molecule has 0 radical (unpaired) electrons. The second-order valence-corrected chi connectivity index (χ2v) is 9.38. The van der Waals surface area contributed by atoms with Gasteiger partial charge >= 0.3 is 6.03 Å². The number of hydrogen-bond donors (Lipinski definition) is 1. The van der Waals surface area contributed by atoms with Gasteiger partial charge in [-0.2, -0.15) is 0 Å². The lowest BCUT2D eigenvalue weighted by Gasteiger charge is -2.32. The van der Waals surface area contributed by atoms with Gasteiger partial charge in [-0.05, 0) is 67.8 Å². The number of carbonyl (C=O) groups is 1. The van der Waals surface area contributed by atoms with E-state index in [0.29, 0.717) is 35.4 Å².